The average molecular weight is 728 g/mol. The summed E-state index contributed by atoms with van der Waals surface area (Å²) in [5, 5.41) is 12.5. The maximum Gasteiger partial charge on any atom is 0.306 e. The molecular weight excluding hydrogens is 678 g/mol. The van der Waals surface area contributed by atoms with Gasteiger partial charge in [-0.05, 0) is 106 Å². The summed E-state index contributed by atoms with van der Waals surface area (Å²) in [4.78, 5) is 37.9. The van der Waals surface area contributed by atoms with Crippen LogP contribution in [0.15, 0.2) is 24.4 Å². The number of aliphatic carboxylic acids is 1. The number of nitrogens with zero attached hydrogens (tertiary/aromatic N) is 4. The van der Waals surface area contributed by atoms with Crippen LogP contribution in [0.25, 0.3) is 0 Å². The Labute approximate surface area is 301 Å². The van der Waals surface area contributed by atoms with Gasteiger partial charge in [-0.25, -0.2) is 18.7 Å². The molecule has 2 unspecified atom stereocenters. The van der Waals surface area contributed by atoms with Gasteiger partial charge in [0.2, 0.25) is 5.95 Å². The van der Waals surface area contributed by atoms with Crippen molar-refractivity contribution in [2.45, 2.75) is 132 Å². The molecule has 2 aliphatic heterocycles. The van der Waals surface area contributed by atoms with Crippen LogP contribution in [0.4, 0.5) is 29.2 Å². The Morgan fingerprint density at radius 3 is 2.29 bits per heavy atom. The van der Waals surface area contributed by atoms with Crippen molar-refractivity contribution in [3.05, 3.63) is 41.2 Å². The van der Waals surface area contributed by atoms with E-state index in [9.17, 15) is 23.5 Å². The zero-order valence-corrected chi connectivity index (χ0v) is 29.8. The van der Waals surface area contributed by atoms with Crippen molar-refractivity contribution in [2.24, 2.45) is 17.8 Å². The zero-order valence-electron chi connectivity index (χ0n) is 29.8. The van der Waals surface area contributed by atoms with Crippen molar-refractivity contribution in [3.63, 3.8) is 0 Å². The predicted molar refractivity (Wildman–Crippen MR) is 185 cm³/mol. The first kappa shape index (κ1) is 35.5. The fourth-order valence-corrected chi connectivity index (χ4v) is 10.5. The number of carboxylic acid groups (broad SMARTS) is 1. The minimum atomic E-state index is -3.40. The molecule has 3 heterocycles. The molecule has 52 heavy (non-hydrogen) atoms. The molecule has 1 aromatic carbocycles. The van der Waals surface area contributed by atoms with E-state index in [1.54, 1.807) is 0 Å². The third-order valence-electron chi connectivity index (χ3n) is 12.9. The molecule has 6 aliphatic rings. The van der Waals surface area contributed by atoms with Gasteiger partial charge in [0, 0.05) is 42.9 Å². The molecule has 1 spiro atoms. The Balaban J connectivity index is 0.998. The van der Waals surface area contributed by atoms with Crippen molar-refractivity contribution in [3.8, 4) is 5.75 Å². The largest absolute Gasteiger partial charge is 0.490 e. The monoisotopic (exact) mass is 727 g/mol. The molecule has 1 saturated heterocycles. The number of alkyl halides is 4. The molecule has 2 N–H and O–H groups in total. The molecule has 0 radical (unpaired) electrons. The number of nitrogens with one attached hydrogen (secondary N) is 1. The highest BCUT2D eigenvalue weighted by molar-refractivity contribution is 5.95. The molecule has 282 valence electrons. The standard InChI is InChI=1S/C39H49F4N5O4/c1-37(40,41)33-30(34(49)45-26-16-23-13-24(17-26)15-25(14-23)35(50)51)19-44-36(46-33)48-20-38(11-3-2-4-12-38)31-18-29(9-10-32(31)48)52-28-7-5-27(6-8-28)47-21-39(42,43)22-47/h9-10,18-19,23-28H,2-8,11-17,20-22H2,1H3,(H,45,49)(H,50,51). The summed E-state index contributed by atoms with van der Waals surface area (Å²) in [5.41, 5.74) is 0.890. The molecule has 9 nitrogen and oxygen atoms in total. The van der Waals surface area contributed by atoms with E-state index in [0.717, 1.165) is 88.1 Å². The number of halogens is 4. The summed E-state index contributed by atoms with van der Waals surface area (Å²) in [6, 6.07) is 5.92. The summed E-state index contributed by atoms with van der Waals surface area (Å²) < 4.78 is 63.9. The molecule has 4 saturated carbocycles. The van der Waals surface area contributed by atoms with Crippen LogP contribution < -0.4 is 15.0 Å². The lowest BCUT2D eigenvalue weighted by atomic mass is 9.66. The van der Waals surface area contributed by atoms with Gasteiger partial charge in [0.05, 0.1) is 30.7 Å². The number of amides is 1. The lowest BCUT2D eigenvalue weighted by Crippen LogP contribution is -2.60. The Kier molecular flexibility index (Phi) is 9.18. The van der Waals surface area contributed by atoms with Gasteiger partial charge in [-0.3, -0.25) is 14.5 Å². The second kappa shape index (κ2) is 13.4. The molecule has 13 heteroatoms. The lowest BCUT2D eigenvalue weighted by Gasteiger charge is -2.46. The number of hydrogen-bond donors (Lipinski definition) is 2. The Bertz CT molecular complexity index is 1670. The van der Waals surface area contributed by atoms with Gasteiger partial charge < -0.3 is 20.1 Å². The predicted octanol–water partition coefficient (Wildman–Crippen LogP) is 7.59. The molecular formula is C39H49F4N5O4. The lowest BCUT2D eigenvalue weighted by molar-refractivity contribution is -0.151. The van der Waals surface area contributed by atoms with Crippen LogP contribution >= 0.6 is 0 Å². The molecule has 1 aromatic heterocycles. The van der Waals surface area contributed by atoms with Gasteiger partial charge in [-0.2, -0.15) is 8.78 Å². The topological polar surface area (TPSA) is 108 Å². The molecule has 1 amide bonds. The minimum absolute atomic E-state index is 0.00198. The molecule has 2 atom stereocenters. The second-order valence-electron chi connectivity index (χ2n) is 16.9. The highest BCUT2D eigenvalue weighted by atomic mass is 19.3. The maximum atomic E-state index is 15.3. The summed E-state index contributed by atoms with van der Waals surface area (Å²) in [6.07, 6.45) is 13.0. The number of carbonyl (C=O) groups excluding carboxylic acids is 1. The zero-order chi connectivity index (χ0) is 36.4. The maximum absolute atomic E-state index is 15.3. The van der Waals surface area contributed by atoms with Gasteiger partial charge in [-0.15, -0.1) is 0 Å². The van der Waals surface area contributed by atoms with Gasteiger partial charge in [0.25, 0.3) is 17.8 Å². The number of aromatic nitrogens is 2. The van der Waals surface area contributed by atoms with E-state index in [1.807, 2.05) is 21.9 Å². The molecule has 5 fully saturated rings. The first-order valence-corrected chi connectivity index (χ1v) is 19.2. The molecule has 2 bridgehead atoms. The highest BCUT2D eigenvalue weighted by Gasteiger charge is 2.48. The first-order valence-electron chi connectivity index (χ1n) is 19.2. The number of carboxylic acids is 1. The fraction of sp³-hybridized carbons (Fsp3) is 0.692. The van der Waals surface area contributed by atoms with E-state index in [0.29, 0.717) is 32.2 Å². The average Bonchev–Trinajstić information content (AvgIpc) is 3.39. The third kappa shape index (κ3) is 6.98. The van der Waals surface area contributed by atoms with Crippen molar-refractivity contribution in [1.29, 1.82) is 0 Å². The second-order valence-corrected chi connectivity index (χ2v) is 16.9. The number of ether oxygens (including phenoxy) is 1. The smallest absolute Gasteiger partial charge is 0.306 e. The van der Waals surface area contributed by atoms with E-state index >= 15 is 8.78 Å². The van der Waals surface area contributed by atoms with Crippen LogP contribution in [0.5, 0.6) is 5.75 Å². The van der Waals surface area contributed by atoms with Crippen molar-refractivity contribution < 1.29 is 37.0 Å². The number of likely N-dealkylation sites (tertiary alicyclic amines) is 1. The fourth-order valence-electron chi connectivity index (χ4n) is 10.5. The quantitative estimate of drug-likeness (QED) is 0.268. The minimum Gasteiger partial charge on any atom is -0.490 e. The Hall–Kier alpha value is -3.48. The van der Waals surface area contributed by atoms with Crippen LogP contribution in [0.2, 0.25) is 0 Å². The number of rotatable bonds is 8. The molecule has 4 aliphatic carbocycles. The van der Waals surface area contributed by atoms with Gasteiger partial charge in [-0.1, -0.05) is 19.3 Å². The van der Waals surface area contributed by atoms with Gasteiger partial charge >= 0.3 is 5.97 Å². The summed E-state index contributed by atoms with van der Waals surface area (Å²) in [7, 11) is 0. The third-order valence-corrected chi connectivity index (χ3v) is 12.9. The number of benzene rings is 1. The van der Waals surface area contributed by atoms with Gasteiger partial charge in [0.1, 0.15) is 11.4 Å². The number of fused-ring (bicyclic) bond motifs is 4. The van der Waals surface area contributed by atoms with Crippen molar-refractivity contribution in [2.75, 3.05) is 24.5 Å². The normalized spacial score (nSPS) is 31.1. The molecule has 2 aromatic rings. The first-order chi connectivity index (χ1) is 24.7. The Morgan fingerprint density at radius 2 is 1.65 bits per heavy atom. The van der Waals surface area contributed by atoms with E-state index in [4.69, 9.17) is 4.74 Å². The summed E-state index contributed by atoms with van der Waals surface area (Å²) in [6.45, 7) is 0.995. The Morgan fingerprint density at radius 1 is 0.962 bits per heavy atom. The van der Waals surface area contributed by atoms with Crippen molar-refractivity contribution in [1.82, 2.24) is 20.2 Å². The van der Waals surface area contributed by atoms with Crippen molar-refractivity contribution >= 4 is 23.5 Å². The SMILES string of the molecule is CC(F)(F)c1nc(N2CC3(CCCCC3)c3cc(OC4CCC(N5CC(F)(F)C5)CC4)ccc32)ncc1C(=O)NC1CC2CC(C1)CC(C(=O)O)C2. The number of carbonyl (C=O) groups is 2. The highest BCUT2D eigenvalue weighted by Crippen LogP contribution is 2.52. The number of hydrogen-bond acceptors (Lipinski definition) is 7. The van der Waals surface area contributed by atoms with Crippen LogP contribution in [0.3, 0.4) is 0 Å². The van der Waals surface area contributed by atoms with E-state index in [2.05, 4.69) is 21.4 Å². The van der Waals surface area contributed by atoms with Crippen LogP contribution in [0.1, 0.15) is 118 Å². The van der Waals surface area contributed by atoms with E-state index in [1.165, 1.54) is 6.20 Å². The van der Waals surface area contributed by atoms with Gasteiger partial charge in [0.15, 0.2) is 0 Å². The van der Waals surface area contributed by atoms with Crippen LogP contribution in [-0.2, 0) is 16.1 Å². The molecule has 8 rings (SSSR count). The van der Waals surface area contributed by atoms with E-state index in [-0.39, 0.29) is 66.0 Å². The van der Waals surface area contributed by atoms with Crippen LogP contribution in [-0.4, -0.2) is 75.6 Å². The van der Waals surface area contributed by atoms with Crippen LogP contribution in [0, 0.1) is 17.8 Å². The summed E-state index contributed by atoms with van der Waals surface area (Å²) >= 11 is 0. The number of anilines is 2. The van der Waals surface area contributed by atoms with E-state index < -0.39 is 29.4 Å². The summed E-state index contributed by atoms with van der Waals surface area (Å²) in [5.74, 6) is -6.49.